The van der Waals surface area contributed by atoms with Gasteiger partial charge in [0.05, 0.1) is 0 Å². The van der Waals surface area contributed by atoms with Crippen LogP contribution in [0, 0.1) is 0 Å². The molecule has 0 bridgehead atoms. The number of halogens is 1. The fraction of sp³-hybridized carbons (Fsp3) is 0.278. The molecule has 2 aromatic rings. The molecule has 1 heterocycles. The molecule has 0 aliphatic carbocycles. The molecule has 1 N–H and O–H groups in total. The van der Waals surface area contributed by atoms with Crippen molar-refractivity contribution in [3.05, 3.63) is 59.1 Å². The minimum atomic E-state index is -0.145. The summed E-state index contributed by atoms with van der Waals surface area (Å²) in [5, 5.41) is 3.46. The number of piperidine rings is 1. The predicted octanol–water partition coefficient (Wildman–Crippen LogP) is 4.58. The van der Waals surface area contributed by atoms with Crippen LogP contribution in [0.3, 0.4) is 0 Å². The lowest BCUT2D eigenvalue weighted by atomic mass is 10.1. The van der Waals surface area contributed by atoms with Gasteiger partial charge in [0.15, 0.2) is 0 Å². The van der Waals surface area contributed by atoms with Crippen molar-refractivity contribution < 1.29 is 4.79 Å². The van der Waals surface area contributed by atoms with Gasteiger partial charge in [-0.15, -0.1) is 0 Å². The Kier molecular flexibility index (Phi) is 4.64. The number of carbonyl (C=O) groups is 1. The lowest BCUT2D eigenvalue weighted by Gasteiger charge is -2.28. The minimum absolute atomic E-state index is 0.145. The molecule has 1 amide bonds. The van der Waals surface area contributed by atoms with Gasteiger partial charge in [-0.3, -0.25) is 4.79 Å². The van der Waals surface area contributed by atoms with Crippen LogP contribution in [0.25, 0.3) is 0 Å². The molecule has 0 spiro atoms. The van der Waals surface area contributed by atoms with Gasteiger partial charge in [-0.1, -0.05) is 17.7 Å². The molecule has 114 valence electrons. The first kappa shape index (κ1) is 14.9. The van der Waals surface area contributed by atoms with Crippen molar-refractivity contribution in [2.24, 2.45) is 0 Å². The van der Waals surface area contributed by atoms with E-state index in [0.717, 1.165) is 18.8 Å². The zero-order valence-electron chi connectivity index (χ0n) is 12.4. The summed E-state index contributed by atoms with van der Waals surface area (Å²) in [7, 11) is 0. The average Bonchev–Trinajstić information content (AvgIpc) is 2.56. The molecule has 22 heavy (non-hydrogen) atoms. The van der Waals surface area contributed by atoms with Gasteiger partial charge in [0.2, 0.25) is 0 Å². The van der Waals surface area contributed by atoms with Gasteiger partial charge in [-0.25, -0.2) is 0 Å². The molecule has 0 saturated carbocycles. The summed E-state index contributed by atoms with van der Waals surface area (Å²) in [5.74, 6) is -0.145. The van der Waals surface area contributed by atoms with Crippen LogP contribution in [0.5, 0.6) is 0 Å². The van der Waals surface area contributed by atoms with Gasteiger partial charge >= 0.3 is 0 Å². The zero-order valence-corrected chi connectivity index (χ0v) is 13.1. The molecule has 0 aromatic heterocycles. The van der Waals surface area contributed by atoms with E-state index in [4.69, 9.17) is 11.6 Å². The van der Waals surface area contributed by atoms with Crippen LogP contribution in [-0.2, 0) is 0 Å². The van der Waals surface area contributed by atoms with Crippen molar-refractivity contribution in [3.63, 3.8) is 0 Å². The van der Waals surface area contributed by atoms with E-state index in [9.17, 15) is 4.79 Å². The van der Waals surface area contributed by atoms with Crippen molar-refractivity contribution in [1.82, 2.24) is 0 Å². The van der Waals surface area contributed by atoms with E-state index >= 15 is 0 Å². The molecule has 0 atom stereocenters. The lowest BCUT2D eigenvalue weighted by Crippen LogP contribution is -2.29. The molecule has 1 saturated heterocycles. The summed E-state index contributed by atoms with van der Waals surface area (Å²) < 4.78 is 0. The van der Waals surface area contributed by atoms with Crippen LogP contribution in [0.1, 0.15) is 29.6 Å². The summed E-state index contributed by atoms with van der Waals surface area (Å²) in [6.07, 6.45) is 3.84. The smallest absolute Gasteiger partial charge is 0.255 e. The summed E-state index contributed by atoms with van der Waals surface area (Å²) in [6, 6.07) is 15.0. The van der Waals surface area contributed by atoms with E-state index in [1.807, 2.05) is 12.1 Å². The monoisotopic (exact) mass is 314 g/mol. The van der Waals surface area contributed by atoms with E-state index in [1.165, 1.54) is 24.9 Å². The second-order valence-electron chi connectivity index (χ2n) is 5.56. The Bertz CT molecular complexity index is 648. The van der Waals surface area contributed by atoms with Gasteiger partial charge in [-0.2, -0.15) is 0 Å². The molecule has 4 heteroatoms. The van der Waals surface area contributed by atoms with Crippen LogP contribution < -0.4 is 10.2 Å². The number of rotatable bonds is 3. The van der Waals surface area contributed by atoms with Crippen molar-refractivity contribution >= 4 is 28.9 Å². The molecular formula is C18H19ClN2O. The highest BCUT2D eigenvalue weighted by molar-refractivity contribution is 6.31. The van der Waals surface area contributed by atoms with Crippen LogP contribution in [0.2, 0.25) is 5.02 Å². The maximum absolute atomic E-state index is 12.2. The first-order valence-corrected chi connectivity index (χ1v) is 8.02. The van der Waals surface area contributed by atoms with Gasteiger partial charge < -0.3 is 10.2 Å². The first-order valence-electron chi connectivity index (χ1n) is 7.64. The summed E-state index contributed by atoms with van der Waals surface area (Å²) in [6.45, 7) is 2.24. The van der Waals surface area contributed by atoms with Crippen molar-refractivity contribution in [2.45, 2.75) is 19.3 Å². The number of hydrogen-bond acceptors (Lipinski definition) is 2. The standard InChI is InChI=1S/C18H19ClN2O/c19-15-6-4-5-14(13-15)18(22)20-16-7-9-17(10-8-16)21-11-2-1-3-12-21/h4-10,13H,1-3,11-12H2,(H,20,22). The summed E-state index contributed by atoms with van der Waals surface area (Å²) in [5.41, 5.74) is 2.58. The minimum Gasteiger partial charge on any atom is -0.372 e. The second-order valence-corrected chi connectivity index (χ2v) is 6.00. The molecule has 2 aromatic carbocycles. The lowest BCUT2D eigenvalue weighted by molar-refractivity contribution is 0.102. The highest BCUT2D eigenvalue weighted by atomic mass is 35.5. The summed E-state index contributed by atoms with van der Waals surface area (Å²) >= 11 is 5.91. The third kappa shape index (κ3) is 3.60. The number of anilines is 2. The van der Waals surface area contributed by atoms with E-state index in [-0.39, 0.29) is 5.91 Å². The molecule has 0 unspecified atom stereocenters. The Morgan fingerprint density at radius 1 is 1.00 bits per heavy atom. The molecular weight excluding hydrogens is 296 g/mol. The third-order valence-corrected chi connectivity index (χ3v) is 4.17. The molecule has 1 aliphatic heterocycles. The van der Waals surface area contributed by atoms with E-state index < -0.39 is 0 Å². The first-order chi connectivity index (χ1) is 10.7. The summed E-state index contributed by atoms with van der Waals surface area (Å²) in [4.78, 5) is 14.6. The zero-order chi connectivity index (χ0) is 15.4. The Morgan fingerprint density at radius 2 is 1.73 bits per heavy atom. The topological polar surface area (TPSA) is 32.3 Å². The van der Waals surface area contributed by atoms with Gasteiger partial charge in [0.25, 0.3) is 5.91 Å². The number of benzene rings is 2. The highest BCUT2D eigenvalue weighted by Crippen LogP contribution is 2.22. The molecule has 1 aliphatic rings. The van der Waals surface area contributed by atoms with Crippen LogP contribution in [0.4, 0.5) is 11.4 Å². The van der Waals surface area contributed by atoms with Gasteiger partial charge in [-0.05, 0) is 61.7 Å². The Balaban J connectivity index is 1.66. The number of carbonyl (C=O) groups excluding carboxylic acids is 1. The Labute approximate surface area is 135 Å². The van der Waals surface area contributed by atoms with E-state index in [0.29, 0.717) is 10.6 Å². The molecule has 0 radical (unpaired) electrons. The Hall–Kier alpha value is -2.00. The number of hydrogen-bond donors (Lipinski definition) is 1. The molecule has 1 fully saturated rings. The van der Waals surface area contributed by atoms with E-state index in [2.05, 4.69) is 22.3 Å². The number of amides is 1. The quantitative estimate of drug-likeness (QED) is 0.899. The van der Waals surface area contributed by atoms with Gasteiger partial charge in [0, 0.05) is 35.1 Å². The van der Waals surface area contributed by atoms with E-state index in [1.54, 1.807) is 24.3 Å². The predicted molar refractivity (Wildman–Crippen MR) is 91.9 cm³/mol. The van der Waals surface area contributed by atoms with Crippen LogP contribution >= 0.6 is 11.6 Å². The number of nitrogens with zero attached hydrogens (tertiary/aromatic N) is 1. The van der Waals surface area contributed by atoms with Crippen LogP contribution in [0.15, 0.2) is 48.5 Å². The molecule has 3 rings (SSSR count). The third-order valence-electron chi connectivity index (χ3n) is 3.93. The average molecular weight is 315 g/mol. The number of nitrogens with one attached hydrogen (secondary N) is 1. The van der Waals surface area contributed by atoms with Crippen LogP contribution in [-0.4, -0.2) is 19.0 Å². The Morgan fingerprint density at radius 3 is 2.41 bits per heavy atom. The fourth-order valence-electron chi connectivity index (χ4n) is 2.74. The largest absolute Gasteiger partial charge is 0.372 e. The maximum atomic E-state index is 12.2. The maximum Gasteiger partial charge on any atom is 0.255 e. The highest BCUT2D eigenvalue weighted by Gasteiger charge is 2.11. The molecule has 3 nitrogen and oxygen atoms in total. The fourth-order valence-corrected chi connectivity index (χ4v) is 2.93. The normalized spacial score (nSPS) is 14.7. The van der Waals surface area contributed by atoms with Crippen molar-refractivity contribution in [3.8, 4) is 0 Å². The second kappa shape index (κ2) is 6.84. The van der Waals surface area contributed by atoms with Crippen molar-refractivity contribution in [1.29, 1.82) is 0 Å². The SMILES string of the molecule is O=C(Nc1ccc(N2CCCCC2)cc1)c1cccc(Cl)c1. The van der Waals surface area contributed by atoms with Gasteiger partial charge in [0.1, 0.15) is 0 Å². The van der Waals surface area contributed by atoms with Crippen molar-refractivity contribution in [2.75, 3.05) is 23.3 Å².